The Labute approximate surface area is 159 Å². The van der Waals surface area contributed by atoms with Crippen LogP contribution in [-0.4, -0.2) is 46.8 Å². The van der Waals surface area contributed by atoms with Crippen molar-refractivity contribution in [1.82, 2.24) is 15.5 Å². The third kappa shape index (κ3) is 4.47. The molecule has 0 aromatic heterocycles. The van der Waals surface area contributed by atoms with Crippen LogP contribution in [0.1, 0.15) is 44.6 Å². The normalized spacial score (nSPS) is 26.1. The molecule has 2 heterocycles. The highest BCUT2D eigenvalue weighted by molar-refractivity contribution is 5.93. The number of nitrogens with two attached hydrogens (primary N) is 1. The van der Waals surface area contributed by atoms with Crippen LogP contribution in [0.5, 0.6) is 0 Å². The molecule has 0 aliphatic carbocycles. The molecule has 3 amide bonds. The molecule has 2 aliphatic heterocycles. The zero-order valence-corrected chi connectivity index (χ0v) is 15.7. The second-order valence-corrected chi connectivity index (χ2v) is 7.48. The fraction of sp³-hybridized carbons (Fsp3) is 0.550. The molecule has 0 bridgehead atoms. The number of hydrogen-bond acceptors (Lipinski definition) is 4. The van der Waals surface area contributed by atoms with Crippen molar-refractivity contribution in [3.05, 3.63) is 35.9 Å². The maximum atomic E-state index is 13.1. The van der Waals surface area contributed by atoms with Gasteiger partial charge in [0, 0.05) is 12.6 Å². The van der Waals surface area contributed by atoms with E-state index in [-0.39, 0.29) is 23.8 Å². The molecule has 4 atom stereocenters. The molecule has 1 aromatic carbocycles. The van der Waals surface area contributed by atoms with Crippen molar-refractivity contribution in [3.63, 3.8) is 0 Å². The topological polar surface area (TPSA) is 105 Å². The first kappa shape index (κ1) is 19.4. The first-order valence-electron chi connectivity index (χ1n) is 9.67. The summed E-state index contributed by atoms with van der Waals surface area (Å²) in [6, 6.07) is 8.02. The number of benzene rings is 1. The SMILES string of the molecule is C[C@H](N)C(=O)N[C@H]1CCC[C@H]2CC[C@@H](C(=O)NCc3ccccc3)N2C1=O. The number of nitrogens with one attached hydrogen (secondary N) is 2. The van der Waals surface area contributed by atoms with E-state index in [1.807, 2.05) is 30.3 Å². The van der Waals surface area contributed by atoms with Gasteiger partial charge in [0.1, 0.15) is 12.1 Å². The van der Waals surface area contributed by atoms with Crippen molar-refractivity contribution in [2.24, 2.45) is 5.73 Å². The van der Waals surface area contributed by atoms with E-state index in [0.29, 0.717) is 19.4 Å². The number of fused-ring (bicyclic) bond motifs is 1. The molecule has 2 fully saturated rings. The van der Waals surface area contributed by atoms with Gasteiger partial charge in [0.2, 0.25) is 17.7 Å². The predicted octanol–water partition coefficient (Wildman–Crippen LogP) is 0.678. The second kappa shape index (κ2) is 8.52. The molecule has 0 radical (unpaired) electrons. The van der Waals surface area contributed by atoms with E-state index in [1.165, 1.54) is 0 Å². The fourth-order valence-electron chi connectivity index (χ4n) is 3.96. The van der Waals surface area contributed by atoms with Crippen LogP contribution in [-0.2, 0) is 20.9 Å². The molecule has 146 valence electrons. The Morgan fingerprint density at radius 2 is 1.93 bits per heavy atom. The molecule has 27 heavy (non-hydrogen) atoms. The average molecular weight is 372 g/mol. The molecule has 2 saturated heterocycles. The van der Waals surface area contributed by atoms with E-state index in [0.717, 1.165) is 24.8 Å². The van der Waals surface area contributed by atoms with Gasteiger partial charge in [-0.1, -0.05) is 30.3 Å². The molecule has 1 aromatic rings. The van der Waals surface area contributed by atoms with Crippen molar-refractivity contribution in [1.29, 1.82) is 0 Å². The van der Waals surface area contributed by atoms with Crippen LogP contribution in [0.3, 0.4) is 0 Å². The molecule has 7 heteroatoms. The molecule has 0 saturated carbocycles. The van der Waals surface area contributed by atoms with Gasteiger partial charge in [0.05, 0.1) is 6.04 Å². The van der Waals surface area contributed by atoms with E-state index < -0.39 is 18.1 Å². The summed E-state index contributed by atoms with van der Waals surface area (Å²) in [4.78, 5) is 39.5. The molecule has 2 aliphatic rings. The minimum Gasteiger partial charge on any atom is -0.350 e. The quantitative estimate of drug-likeness (QED) is 0.707. The maximum Gasteiger partial charge on any atom is 0.246 e. The van der Waals surface area contributed by atoms with Crippen LogP contribution in [0, 0.1) is 0 Å². The largest absolute Gasteiger partial charge is 0.350 e. The van der Waals surface area contributed by atoms with Gasteiger partial charge < -0.3 is 21.3 Å². The number of hydrogen-bond donors (Lipinski definition) is 3. The van der Waals surface area contributed by atoms with E-state index in [2.05, 4.69) is 10.6 Å². The number of carbonyl (C=O) groups excluding carboxylic acids is 3. The van der Waals surface area contributed by atoms with Gasteiger partial charge in [-0.25, -0.2) is 0 Å². The predicted molar refractivity (Wildman–Crippen MR) is 101 cm³/mol. The lowest BCUT2D eigenvalue weighted by Gasteiger charge is -2.30. The third-order valence-electron chi connectivity index (χ3n) is 5.43. The fourth-order valence-corrected chi connectivity index (χ4v) is 3.96. The zero-order chi connectivity index (χ0) is 19.4. The Balaban J connectivity index is 1.67. The summed E-state index contributed by atoms with van der Waals surface area (Å²) in [5, 5.41) is 5.70. The Kier molecular flexibility index (Phi) is 6.11. The highest BCUT2D eigenvalue weighted by atomic mass is 16.2. The summed E-state index contributed by atoms with van der Waals surface area (Å²) in [6.07, 6.45) is 3.77. The standard InChI is InChI=1S/C20H28N4O3/c1-13(21)18(25)23-16-9-5-8-15-10-11-17(24(15)20(16)27)19(26)22-12-14-6-3-2-4-7-14/h2-4,6-7,13,15-17H,5,8-12,21H2,1H3,(H,22,26)(H,23,25)/t13-,15-,16-,17-/m0/s1. The minimum absolute atomic E-state index is 0.0715. The minimum atomic E-state index is -0.666. The molecule has 4 N–H and O–H groups in total. The Bertz CT molecular complexity index is 692. The van der Waals surface area contributed by atoms with E-state index in [9.17, 15) is 14.4 Å². The van der Waals surface area contributed by atoms with E-state index in [4.69, 9.17) is 5.73 Å². The number of amides is 3. The molecular formula is C20H28N4O3. The average Bonchev–Trinajstić information content (AvgIpc) is 3.02. The Morgan fingerprint density at radius 1 is 1.19 bits per heavy atom. The molecule has 0 spiro atoms. The van der Waals surface area contributed by atoms with Crippen LogP contribution in [0.25, 0.3) is 0 Å². The van der Waals surface area contributed by atoms with Gasteiger partial charge in [-0.3, -0.25) is 14.4 Å². The maximum absolute atomic E-state index is 13.1. The van der Waals surface area contributed by atoms with Crippen molar-refractivity contribution < 1.29 is 14.4 Å². The van der Waals surface area contributed by atoms with Crippen molar-refractivity contribution in [2.45, 2.75) is 69.7 Å². The van der Waals surface area contributed by atoms with E-state index in [1.54, 1.807) is 11.8 Å². The second-order valence-electron chi connectivity index (χ2n) is 7.48. The van der Waals surface area contributed by atoms with Crippen LogP contribution in [0.4, 0.5) is 0 Å². The van der Waals surface area contributed by atoms with Crippen molar-refractivity contribution >= 4 is 17.7 Å². The molecule has 3 rings (SSSR count). The number of rotatable bonds is 5. The molecular weight excluding hydrogens is 344 g/mol. The summed E-state index contributed by atoms with van der Waals surface area (Å²) < 4.78 is 0. The monoisotopic (exact) mass is 372 g/mol. The lowest BCUT2D eigenvalue weighted by atomic mass is 10.1. The molecule has 7 nitrogen and oxygen atoms in total. The van der Waals surface area contributed by atoms with Crippen LogP contribution >= 0.6 is 0 Å². The zero-order valence-electron chi connectivity index (χ0n) is 15.7. The summed E-state index contributed by atoms with van der Waals surface area (Å²) in [7, 11) is 0. The summed E-state index contributed by atoms with van der Waals surface area (Å²) in [5.74, 6) is -0.631. The van der Waals surface area contributed by atoms with Crippen molar-refractivity contribution in [2.75, 3.05) is 0 Å². The van der Waals surface area contributed by atoms with Crippen LogP contribution in [0.15, 0.2) is 30.3 Å². The van der Waals surface area contributed by atoms with E-state index >= 15 is 0 Å². The van der Waals surface area contributed by atoms with Gasteiger partial charge >= 0.3 is 0 Å². The lowest BCUT2D eigenvalue weighted by molar-refractivity contribution is -0.142. The first-order valence-corrected chi connectivity index (χ1v) is 9.67. The van der Waals surface area contributed by atoms with Gasteiger partial charge in [-0.2, -0.15) is 0 Å². The molecule has 0 unspecified atom stereocenters. The smallest absolute Gasteiger partial charge is 0.246 e. The Hall–Kier alpha value is -2.41. The lowest BCUT2D eigenvalue weighted by Crippen LogP contribution is -2.55. The van der Waals surface area contributed by atoms with Gasteiger partial charge in [-0.15, -0.1) is 0 Å². The van der Waals surface area contributed by atoms with Gasteiger partial charge in [0.25, 0.3) is 0 Å². The first-order chi connectivity index (χ1) is 13.0. The van der Waals surface area contributed by atoms with Gasteiger partial charge in [-0.05, 0) is 44.6 Å². The highest BCUT2D eigenvalue weighted by Gasteiger charge is 2.44. The Morgan fingerprint density at radius 3 is 2.63 bits per heavy atom. The van der Waals surface area contributed by atoms with Crippen LogP contribution < -0.4 is 16.4 Å². The van der Waals surface area contributed by atoms with Crippen LogP contribution in [0.2, 0.25) is 0 Å². The number of nitrogens with zero attached hydrogens (tertiary/aromatic N) is 1. The van der Waals surface area contributed by atoms with Gasteiger partial charge in [0.15, 0.2) is 0 Å². The number of carbonyl (C=O) groups is 3. The summed E-state index contributed by atoms with van der Waals surface area (Å²) >= 11 is 0. The third-order valence-corrected chi connectivity index (χ3v) is 5.43. The summed E-state index contributed by atoms with van der Waals surface area (Å²) in [6.45, 7) is 2.03. The highest BCUT2D eigenvalue weighted by Crippen LogP contribution is 2.32. The summed E-state index contributed by atoms with van der Waals surface area (Å²) in [5.41, 5.74) is 6.63. The van der Waals surface area contributed by atoms with Crippen molar-refractivity contribution in [3.8, 4) is 0 Å².